The number of nitrogens with two attached hydrogens (primary N) is 1. The first-order chi connectivity index (χ1) is 9.26. The Morgan fingerprint density at radius 1 is 1.35 bits per heavy atom. The summed E-state index contributed by atoms with van der Waals surface area (Å²) in [6.07, 6.45) is 0.901. The average molecular weight is 280 g/mol. The van der Waals surface area contributed by atoms with Gasteiger partial charge < -0.3 is 16.4 Å². The minimum absolute atomic E-state index is 0.0473. The van der Waals surface area contributed by atoms with Crippen molar-refractivity contribution in [3.05, 3.63) is 28.3 Å². The van der Waals surface area contributed by atoms with Crippen molar-refractivity contribution in [1.29, 1.82) is 0 Å². The van der Waals surface area contributed by atoms with Gasteiger partial charge in [0.2, 0.25) is 5.91 Å². The van der Waals surface area contributed by atoms with Crippen LogP contribution in [0.25, 0.3) is 0 Å². The predicted octanol–water partition coefficient (Wildman–Crippen LogP) is 2.09. The number of carbonyl (C=O) groups is 1. The summed E-state index contributed by atoms with van der Waals surface area (Å²) in [6, 6.07) is 4.55. The van der Waals surface area contributed by atoms with E-state index >= 15 is 0 Å². The summed E-state index contributed by atoms with van der Waals surface area (Å²) in [5.74, 6) is -0.535. The van der Waals surface area contributed by atoms with E-state index in [4.69, 9.17) is 5.73 Å². The van der Waals surface area contributed by atoms with Gasteiger partial charge in [-0.3, -0.25) is 14.9 Å². The van der Waals surface area contributed by atoms with Gasteiger partial charge in [0.05, 0.1) is 4.92 Å². The maximum absolute atomic E-state index is 11.3. The van der Waals surface area contributed by atoms with Crippen molar-refractivity contribution in [2.24, 2.45) is 5.73 Å². The molecule has 0 radical (unpaired) electrons. The van der Waals surface area contributed by atoms with Gasteiger partial charge >= 0.3 is 0 Å². The van der Waals surface area contributed by atoms with Crippen LogP contribution in [0.2, 0.25) is 0 Å². The molecule has 0 spiro atoms. The number of primary amides is 1. The highest BCUT2D eigenvalue weighted by atomic mass is 16.6. The van der Waals surface area contributed by atoms with Crippen LogP contribution in [-0.4, -0.2) is 22.9 Å². The summed E-state index contributed by atoms with van der Waals surface area (Å²) in [4.78, 5) is 21.8. The van der Waals surface area contributed by atoms with Crippen LogP contribution in [0, 0.1) is 10.1 Å². The van der Waals surface area contributed by atoms with Crippen molar-refractivity contribution in [3.8, 4) is 0 Å². The molecule has 7 heteroatoms. The fraction of sp³-hybridized carbons (Fsp3) is 0.462. The third-order valence-electron chi connectivity index (χ3n) is 2.78. The maximum Gasteiger partial charge on any atom is 0.273 e. The summed E-state index contributed by atoms with van der Waals surface area (Å²) >= 11 is 0. The molecule has 110 valence electrons. The summed E-state index contributed by atoms with van der Waals surface area (Å²) in [5, 5.41) is 16.9. The number of benzene rings is 1. The number of rotatable bonds is 7. The Morgan fingerprint density at radius 2 is 1.95 bits per heavy atom. The number of nitrogens with one attached hydrogen (secondary N) is 2. The quantitative estimate of drug-likeness (QED) is 0.523. The molecule has 0 unspecified atom stereocenters. The first-order valence-electron chi connectivity index (χ1n) is 6.37. The fourth-order valence-electron chi connectivity index (χ4n) is 1.58. The molecule has 0 saturated carbocycles. The lowest BCUT2D eigenvalue weighted by molar-refractivity contribution is -0.384. The molecule has 0 saturated heterocycles. The molecule has 7 nitrogen and oxygen atoms in total. The van der Waals surface area contributed by atoms with Gasteiger partial charge in [-0.05, 0) is 26.3 Å². The van der Waals surface area contributed by atoms with E-state index in [1.54, 1.807) is 19.9 Å². The van der Waals surface area contributed by atoms with Gasteiger partial charge in [0.1, 0.15) is 5.54 Å². The Bertz CT molecular complexity index is 514. The molecule has 0 heterocycles. The van der Waals surface area contributed by atoms with E-state index in [2.05, 4.69) is 10.6 Å². The number of amides is 1. The molecule has 20 heavy (non-hydrogen) atoms. The number of hydrogen-bond donors (Lipinski definition) is 3. The van der Waals surface area contributed by atoms with E-state index in [1.807, 2.05) is 6.92 Å². The van der Waals surface area contributed by atoms with Gasteiger partial charge in [-0.15, -0.1) is 0 Å². The molecule has 0 aromatic heterocycles. The van der Waals surface area contributed by atoms with Crippen LogP contribution in [0.4, 0.5) is 17.1 Å². The van der Waals surface area contributed by atoms with Crippen molar-refractivity contribution in [1.82, 2.24) is 0 Å². The monoisotopic (exact) mass is 280 g/mol. The fourth-order valence-corrected chi connectivity index (χ4v) is 1.58. The molecular formula is C13H20N4O3. The van der Waals surface area contributed by atoms with Crippen LogP contribution < -0.4 is 16.4 Å². The first kappa shape index (κ1) is 15.7. The maximum atomic E-state index is 11.3. The molecular weight excluding hydrogens is 260 g/mol. The second kappa shape index (κ2) is 6.23. The van der Waals surface area contributed by atoms with Gasteiger partial charge in [0.25, 0.3) is 5.69 Å². The number of carbonyl (C=O) groups excluding carboxylic acids is 1. The minimum Gasteiger partial charge on any atom is -0.385 e. The normalized spacial score (nSPS) is 10.9. The lowest BCUT2D eigenvalue weighted by Crippen LogP contribution is -2.45. The van der Waals surface area contributed by atoms with E-state index < -0.39 is 16.4 Å². The number of non-ortho nitro benzene ring substituents is 1. The van der Waals surface area contributed by atoms with Crippen LogP contribution in [0.3, 0.4) is 0 Å². The molecule has 0 atom stereocenters. The van der Waals surface area contributed by atoms with E-state index in [1.165, 1.54) is 12.1 Å². The lowest BCUT2D eigenvalue weighted by atomic mass is 10.0. The van der Waals surface area contributed by atoms with Gasteiger partial charge in [0, 0.05) is 30.1 Å². The highest BCUT2D eigenvalue weighted by Crippen LogP contribution is 2.26. The van der Waals surface area contributed by atoms with Crippen LogP contribution >= 0.6 is 0 Å². The number of hydrogen-bond acceptors (Lipinski definition) is 5. The molecule has 4 N–H and O–H groups in total. The van der Waals surface area contributed by atoms with E-state index in [0.717, 1.165) is 6.42 Å². The number of nitro benzene ring substituents is 1. The zero-order valence-corrected chi connectivity index (χ0v) is 11.9. The van der Waals surface area contributed by atoms with Crippen molar-refractivity contribution >= 4 is 23.0 Å². The van der Waals surface area contributed by atoms with Gasteiger partial charge in [-0.2, -0.15) is 0 Å². The third-order valence-corrected chi connectivity index (χ3v) is 2.78. The molecule has 1 rings (SSSR count). The molecule has 1 aromatic rings. The highest BCUT2D eigenvalue weighted by molar-refractivity contribution is 5.87. The Kier molecular flexibility index (Phi) is 4.90. The van der Waals surface area contributed by atoms with Gasteiger partial charge in [-0.1, -0.05) is 6.92 Å². The zero-order valence-electron chi connectivity index (χ0n) is 11.9. The van der Waals surface area contributed by atoms with Crippen molar-refractivity contribution in [2.45, 2.75) is 32.7 Å². The average Bonchev–Trinajstić information content (AvgIpc) is 2.35. The summed E-state index contributed by atoms with van der Waals surface area (Å²) in [5.41, 5.74) is 5.35. The summed E-state index contributed by atoms with van der Waals surface area (Å²) in [7, 11) is 0. The first-order valence-corrected chi connectivity index (χ1v) is 6.37. The number of nitrogens with zero attached hydrogens (tertiary/aromatic N) is 1. The van der Waals surface area contributed by atoms with Crippen LogP contribution in [0.5, 0.6) is 0 Å². The van der Waals surface area contributed by atoms with Crippen molar-refractivity contribution in [2.75, 3.05) is 17.2 Å². The second-order valence-corrected chi connectivity index (χ2v) is 5.07. The third kappa shape index (κ3) is 4.11. The Labute approximate surface area is 117 Å². The largest absolute Gasteiger partial charge is 0.385 e. The van der Waals surface area contributed by atoms with Crippen molar-refractivity contribution < 1.29 is 9.72 Å². The van der Waals surface area contributed by atoms with Crippen molar-refractivity contribution in [3.63, 3.8) is 0 Å². The number of nitro groups is 1. The Balaban J connectivity index is 3.08. The smallest absolute Gasteiger partial charge is 0.273 e. The topological polar surface area (TPSA) is 110 Å². The molecule has 0 aliphatic heterocycles. The minimum atomic E-state index is -0.989. The second-order valence-electron chi connectivity index (χ2n) is 5.07. The summed E-state index contributed by atoms with van der Waals surface area (Å²) < 4.78 is 0. The summed E-state index contributed by atoms with van der Waals surface area (Å²) in [6.45, 7) is 5.94. The van der Waals surface area contributed by atoms with Crippen LogP contribution in [0.15, 0.2) is 18.2 Å². The Hall–Kier alpha value is -2.31. The molecule has 0 aliphatic rings. The molecule has 0 fully saturated rings. The Morgan fingerprint density at radius 3 is 2.45 bits per heavy atom. The van der Waals surface area contributed by atoms with E-state index in [0.29, 0.717) is 17.9 Å². The lowest BCUT2D eigenvalue weighted by Gasteiger charge is -2.24. The molecule has 0 aliphatic carbocycles. The van der Waals surface area contributed by atoms with Gasteiger partial charge in [0.15, 0.2) is 0 Å². The van der Waals surface area contributed by atoms with E-state index in [-0.39, 0.29) is 5.69 Å². The zero-order chi connectivity index (χ0) is 15.3. The van der Waals surface area contributed by atoms with Crippen LogP contribution in [0.1, 0.15) is 27.2 Å². The van der Waals surface area contributed by atoms with Gasteiger partial charge in [-0.25, -0.2) is 0 Å². The SMILES string of the molecule is CCCNc1cc(NC(C)(C)C(N)=O)cc([N+](=O)[O-])c1. The molecule has 1 aromatic carbocycles. The molecule has 0 bridgehead atoms. The highest BCUT2D eigenvalue weighted by Gasteiger charge is 2.25. The standard InChI is InChI=1S/C13H20N4O3/c1-4-5-15-9-6-10(8-11(7-9)17(19)20)16-13(2,3)12(14)18/h6-8,15-16H,4-5H2,1-3H3,(H2,14,18). The van der Waals surface area contributed by atoms with Crippen LogP contribution in [-0.2, 0) is 4.79 Å². The molecule has 1 amide bonds. The predicted molar refractivity (Wildman–Crippen MR) is 78.8 cm³/mol. The number of anilines is 2. The van der Waals surface area contributed by atoms with E-state index in [9.17, 15) is 14.9 Å².